The number of aliphatic imine (C=N–C) groups is 1. The second-order valence-electron chi connectivity index (χ2n) is 14.8. The Balaban J connectivity index is 1.09. The van der Waals surface area contributed by atoms with Gasteiger partial charge < -0.3 is 35.2 Å². The molecule has 3 aliphatic rings. The number of halogens is 1. The van der Waals surface area contributed by atoms with E-state index >= 15 is 0 Å². The average Bonchev–Trinajstić information content (AvgIpc) is 3.50. The monoisotopic (exact) mass is 789 g/mol. The summed E-state index contributed by atoms with van der Waals surface area (Å²) in [5.74, 6) is 0.481. The van der Waals surface area contributed by atoms with Crippen LogP contribution >= 0.6 is 11.6 Å². The molecule has 304 valence electrons. The Labute approximate surface area is 337 Å². The molecule has 2 aliphatic heterocycles. The Bertz CT molecular complexity index is 1630. The van der Waals surface area contributed by atoms with Crippen molar-refractivity contribution >= 4 is 58.7 Å². The second kappa shape index (κ2) is 23.1. The molecule has 2 aromatic carbocycles. The number of nitrogens with one attached hydrogen (secondary N) is 3. The normalized spacial score (nSPS) is 19.4. The predicted octanol–water partition coefficient (Wildman–Crippen LogP) is 5.08. The number of rotatable bonds is 21. The molecule has 2 aromatic rings. The van der Waals surface area contributed by atoms with Crippen molar-refractivity contribution in [2.75, 3.05) is 95.5 Å². The highest BCUT2D eigenvalue weighted by Crippen LogP contribution is 2.26. The largest absolute Gasteiger partial charge is 0.379 e. The van der Waals surface area contributed by atoms with Crippen molar-refractivity contribution in [2.45, 2.75) is 57.4 Å². The summed E-state index contributed by atoms with van der Waals surface area (Å²) in [4.78, 5) is 50.5. The number of alkyl halides is 1. The predicted molar refractivity (Wildman–Crippen MR) is 226 cm³/mol. The van der Waals surface area contributed by atoms with Crippen LogP contribution in [0, 0.1) is 5.92 Å². The molecule has 13 heteroatoms. The smallest absolute Gasteiger partial charge is 0.278 e. The Hall–Kier alpha value is -4.23. The van der Waals surface area contributed by atoms with Crippen LogP contribution in [0.25, 0.3) is 12.2 Å². The summed E-state index contributed by atoms with van der Waals surface area (Å²) in [5, 5.41) is 9.49. The van der Waals surface area contributed by atoms with E-state index in [1.54, 1.807) is 12.2 Å². The number of nitrogens with zero attached hydrogens (tertiary/aromatic N) is 4. The van der Waals surface area contributed by atoms with Crippen molar-refractivity contribution in [3.63, 3.8) is 0 Å². The maximum Gasteiger partial charge on any atom is 0.278 e. The fraction of sp³-hybridized carbons (Fsp3) is 0.535. The summed E-state index contributed by atoms with van der Waals surface area (Å²) in [6.07, 6.45) is 12.6. The topological polar surface area (TPSA) is 128 Å². The number of anilines is 2. The summed E-state index contributed by atoms with van der Waals surface area (Å²) < 4.78 is 11.2. The van der Waals surface area contributed by atoms with Gasteiger partial charge in [0, 0.05) is 82.6 Å². The maximum absolute atomic E-state index is 13.7. The van der Waals surface area contributed by atoms with Crippen LogP contribution in [0.1, 0.15) is 62.5 Å². The zero-order valence-corrected chi connectivity index (χ0v) is 33.9. The highest BCUT2D eigenvalue weighted by molar-refractivity contribution is 6.19. The van der Waals surface area contributed by atoms with Crippen LogP contribution in [0.5, 0.6) is 0 Å². The van der Waals surface area contributed by atoms with Gasteiger partial charge in [0.2, 0.25) is 11.8 Å². The number of amidine groups is 1. The van der Waals surface area contributed by atoms with Crippen LogP contribution in [0.4, 0.5) is 11.4 Å². The lowest BCUT2D eigenvalue weighted by atomic mass is 9.85. The molecule has 56 heavy (non-hydrogen) atoms. The summed E-state index contributed by atoms with van der Waals surface area (Å²) in [6.45, 7) is 6.40. The first-order valence-corrected chi connectivity index (χ1v) is 20.8. The van der Waals surface area contributed by atoms with Gasteiger partial charge in [0.05, 0.1) is 19.8 Å². The van der Waals surface area contributed by atoms with E-state index in [4.69, 9.17) is 26.1 Å². The van der Waals surface area contributed by atoms with Gasteiger partial charge in [-0.1, -0.05) is 43.2 Å². The van der Waals surface area contributed by atoms with Gasteiger partial charge in [-0.3, -0.25) is 19.3 Å². The van der Waals surface area contributed by atoms with Gasteiger partial charge in [0.25, 0.3) is 5.91 Å². The Morgan fingerprint density at radius 1 is 0.875 bits per heavy atom. The number of benzene rings is 2. The Morgan fingerprint density at radius 2 is 1.55 bits per heavy atom. The summed E-state index contributed by atoms with van der Waals surface area (Å²) >= 11 is 5.70. The van der Waals surface area contributed by atoms with Gasteiger partial charge in [0.15, 0.2) is 0 Å². The maximum atomic E-state index is 13.7. The fourth-order valence-electron chi connectivity index (χ4n) is 7.05. The van der Waals surface area contributed by atoms with Crippen molar-refractivity contribution in [2.24, 2.45) is 10.9 Å². The molecule has 0 spiro atoms. The molecule has 3 amide bonds. The molecule has 2 fully saturated rings. The summed E-state index contributed by atoms with van der Waals surface area (Å²) in [5.41, 5.74) is 4.32. The van der Waals surface area contributed by atoms with E-state index in [0.29, 0.717) is 63.8 Å². The standard InChI is InChI=1S/C43H60ClN7O5/c1-49(2)37-16-9-34(10-17-37)31-39-43(54)51(40(48-39)20-11-33-7-18-38(19-8-33)50-25-22-45-23-26-50)32-41(52)47-36-14-12-35(13-15-36)42(53)46-24-28-56-30-29-55-27-6-4-3-5-21-44/h7-11,16-20,31,35-36,45H,3-6,12-15,21-30,32H2,1-2H3,(H,46,53)(H,47,52)/b20-11+,39-31+. The van der Waals surface area contributed by atoms with Crippen LogP contribution < -0.4 is 25.8 Å². The van der Waals surface area contributed by atoms with Crippen molar-refractivity contribution in [1.29, 1.82) is 0 Å². The lowest BCUT2D eigenvalue weighted by Crippen LogP contribution is -2.46. The van der Waals surface area contributed by atoms with Gasteiger partial charge in [0.1, 0.15) is 18.1 Å². The number of piperazine rings is 1. The van der Waals surface area contributed by atoms with E-state index in [1.165, 1.54) is 10.6 Å². The SMILES string of the molecule is CN(C)c1ccc(/C=C2N=C(/C=C/c3ccc(N4CCNCC4)cc3)N(CC(=O)NC3CCC(C(=O)NCCOCCOCCCCCCCl)CC3)C/2=O)cc1. The molecule has 5 rings (SSSR count). The summed E-state index contributed by atoms with van der Waals surface area (Å²) in [7, 11) is 3.96. The number of ether oxygens (including phenoxy) is 2. The van der Waals surface area contributed by atoms with Crippen LogP contribution in [-0.4, -0.2) is 120 Å². The lowest BCUT2D eigenvalue weighted by molar-refractivity contribution is -0.129. The van der Waals surface area contributed by atoms with Gasteiger partial charge >= 0.3 is 0 Å². The summed E-state index contributed by atoms with van der Waals surface area (Å²) in [6, 6.07) is 16.2. The van der Waals surface area contributed by atoms with Gasteiger partial charge in [-0.25, -0.2) is 4.99 Å². The average molecular weight is 790 g/mol. The van der Waals surface area contributed by atoms with E-state index in [-0.39, 0.29) is 41.9 Å². The first-order chi connectivity index (χ1) is 27.3. The van der Waals surface area contributed by atoms with Crippen LogP contribution in [0.2, 0.25) is 0 Å². The third-order valence-corrected chi connectivity index (χ3v) is 10.6. The third-order valence-electron chi connectivity index (χ3n) is 10.3. The Kier molecular flexibility index (Phi) is 17.7. The minimum absolute atomic E-state index is 0.0241. The molecular weight excluding hydrogens is 730 g/mol. The minimum Gasteiger partial charge on any atom is -0.379 e. The minimum atomic E-state index is -0.323. The lowest BCUT2D eigenvalue weighted by Gasteiger charge is -2.29. The zero-order valence-electron chi connectivity index (χ0n) is 33.1. The quantitative estimate of drug-likeness (QED) is 0.0909. The van der Waals surface area contributed by atoms with Crippen LogP contribution in [0.3, 0.4) is 0 Å². The van der Waals surface area contributed by atoms with Gasteiger partial charge in [-0.2, -0.15) is 0 Å². The van der Waals surface area contributed by atoms with E-state index in [9.17, 15) is 14.4 Å². The molecule has 0 unspecified atom stereocenters. The molecule has 2 heterocycles. The fourth-order valence-corrected chi connectivity index (χ4v) is 7.24. The molecule has 12 nitrogen and oxygen atoms in total. The van der Waals surface area contributed by atoms with E-state index in [0.717, 1.165) is 75.3 Å². The molecule has 0 aromatic heterocycles. The third kappa shape index (κ3) is 13.8. The van der Waals surface area contributed by atoms with E-state index in [2.05, 4.69) is 45.1 Å². The molecule has 0 bridgehead atoms. The van der Waals surface area contributed by atoms with Crippen molar-refractivity contribution in [1.82, 2.24) is 20.9 Å². The van der Waals surface area contributed by atoms with Crippen molar-refractivity contribution in [3.05, 3.63) is 71.4 Å². The van der Waals surface area contributed by atoms with Crippen LogP contribution in [0.15, 0.2) is 65.3 Å². The highest BCUT2D eigenvalue weighted by Gasteiger charge is 2.32. The second-order valence-corrected chi connectivity index (χ2v) is 15.2. The Morgan fingerprint density at radius 3 is 2.25 bits per heavy atom. The van der Waals surface area contributed by atoms with E-state index in [1.807, 2.05) is 49.3 Å². The molecule has 1 saturated carbocycles. The highest BCUT2D eigenvalue weighted by atomic mass is 35.5. The number of hydrogen-bond acceptors (Lipinski definition) is 9. The first kappa shape index (κ1) is 42.9. The van der Waals surface area contributed by atoms with E-state index < -0.39 is 0 Å². The number of carbonyl (C=O) groups is 3. The molecule has 1 saturated heterocycles. The first-order valence-electron chi connectivity index (χ1n) is 20.2. The molecule has 0 radical (unpaired) electrons. The van der Waals surface area contributed by atoms with Crippen LogP contribution in [-0.2, 0) is 23.9 Å². The number of amides is 3. The number of carbonyl (C=O) groups excluding carboxylic acids is 3. The molecule has 3 N–H and O–H groups in total. The molecule has 0 atom stereocenters. The molecule has 1 aliphatic carbocycles. The van der Waals surface area contributed by atoms with Gasteiger partial charge in [-0.05, 0) is 86.1 Å². The van der Waals surface area contributed by atoms with Crippen molar-refractivity contribution < 1.29 is 23.9 Å². The molecular formula is C43H60ClN7O5. The number of unbranched alkanes of at least 4 members (excludes halogenated alkanes) is 3. The van der Waals surface area contributed by atoms with Crippen molar-refractivity contribution in [3.8, 4) is 0 Å². The number of hydrogen-bond donors (Lipinski definition) is 3. The van der Waals surface area contributed by atoms with Gasteiger partial charge in [-0.15, -0.1) is 11.6 Å². The zero-order chi connectivity index (χ0) is 39.5.